The number of carbonyl (C=O) groups excluding carboxylic acids is 2. The number of halogens is 1. The number of nitrogens with zero attached hydrogens (tertiary/aromatic N) is 1. The van der Waals surface area contributed by atoms with Crippen LogP contribution in [0, 0.1) is 15.9 Å². The van der Waals surface area contributed by atoms with E-state index in [1.807, 2.05) is 0 Å². The summed E-state index contributed by atoms with van der Waals surface area (Å²) in [5, 5.41) is 16.2. The third-order valence-electron chi connectivity index (χ3n) is 4.52. The van der Waals surface area contributed by atoms with Crippen LogP contribution in [0.25, 0.3) is 0 Å². The molecule has 2 N–H and O–H groups in total. The summed E-state index contributed by atoms with van der Waals surface area (Å²) in [5.41, 5.74) is -0.451. The molecule has 3 aromatic carbocycles. The molecule has 3 aromatic rings. The van der Waals surface area contributed by atoms with Crippen LogP contribution in [0.2, 0.25) is 0 Å². The summed E-state index contributed by atoms with van der Waals surface area (Å²) < 4.78 is 24.5. The molecule has 3 rings (SSSR count). The molecule has 170 valence electrons. The van der Waals surface area contributed by atoms with Gasteiger partial charge in [0.25, 0.3) is 17.5 Å². The van der Waals surface area contributed by atoms with Crippen LogP contribution in [0.4, 0.5) is 10.1 Å². The number of methoxy groups -OCH3 is 1. The van der Waals surface area contributed by atoms with E-state index in [0.29, 0.717) is 11.5 Å². The minimum atomic E-state index is -0.657. The monoisotopic (exact) mass is 453 g/mol. The zero-order valence-corrected chi connectivity index (χ0v) is 17.5. The first-order valence-corrected chi connectivity index (χ1v) is 9.80. The highest BCUT2D eigenvalue weighted by molar-refractivity contribution is 5.98. The molecule has 0 bridgehead atoms. The molecule has 10 heteroatoms. The lowest BCUT2D eigenvalue weighted by Crippen LogP contribution is -2.35. The van der Waals surface area contributed by atoms with Gasteiger partial charge in [0.2, 0.25) is 0 Å². The number of rotatable bonds is 9. The molecule has 0 unspecified atom stereocenters. The van der Waals surface area contributed by atoms with Crippen molar-refractivity contribution in [3.05, 3.63) is 93.8 Å². The SMILES string of the molecule is COc1ccc(Oc2ccc([N+](=O)[O-])cc2C(=O)NCCNC(=O)c2ccccc2F)cc1. The van der Waals surface area contributed by atoms with Gasteiger partial charge in [-0.25, -0.2) is 4.39 Å². The molecule has 0 fully saturated rings. The van der Waals surface area contributed by atoms with E-state index in [-0.39, 0.29) is 35.7 Å². The van der Waals surface area contributed by atoms with E-state index >= 15 is 0 Å². The summed E-state index contributed by atoms with van der Waals surface area (Å²) >= 11 is 0. The Bertz CT molecular complexity index is 1170. The fourth-order valence-corrected chi connectivity index (χ4v) is 2.86. The molecule has 0 aliphatic rings. The fourth-order valence-electron chi connectivity index (χ4n) is 2.86. The minimum Gasteiger partial charge on any atom is -0.497 e. The van der Waals surface area contributed by atoms with Gasteiger partial charge in [-0.15, -0.1) is 0 Å². The van der Waals surface area contributed by atoms with E-state index < -0.39 is 22.6 Å². The van der Waals surface area contributed by atoms with Crippen LogP contribution in [0.5, 0.6) is 17.2 Å². The van der Waals surface area contributed by atoms with Crippen molar-refractivity contribution in [3.8, 4) is 17.2 Å². The maximum Gasteiger partial charge on any atom is 0.270 e. The van der Waals surface area contributed by atoms with Crippen LogP contribution in [0.15, 0.2) is 66.7 Å². The summed E-state index contributed by atoms with van der Waals surface area (Å²) in [4.78, 5) is 35.3. The van der Waals surface area contributed by atoms with Crippen molar-refractivity contribution in [1.29, 1.82) is 0 Å². The number of nitro benzene ring substituents is 1. The number of amides is 2. The molecule has 0 spiro atoms. The number of carbonyl (C=O) groups is 2. The first-order chi connectivity index (χ1) is 15.9. The van der Waals surface area contributed by atoms with Crippen molar-refractivity contribution in [3.63, 3.8) is 0 Å². The maximum atomic E-state index is 13.7. The Morgan fingerprint density at radius 1 is 0.909 bits per heavy atom. The average molecular weight is 453 g/mol. The molecular weight excluding hydrogens is 433 g/mol. The largest absolute Gasteiger partial charge is 0.497 e. The van der Waals surface area contributed by atoms with Gasteiger partial charge in [0, 0.05) is 25.2 Å². The quantitative estimate of drug-likeness (QED) is 0.290. The van der Waals surface area contributed by atoms with Gasteiger partial charge in [0.05, 0.1) is 23.2 Å². The van der Waals surface area contributed by atoms with E-state index in [2.05, 4.69) is 10.6 Å². The van der Waals surface area contributed by atoms with Gasteiger partial charge in [-0.2, -0.15) is 0 Å². The Hall–Kier alpha value is -4.47. The minimum absolute atomic E-state index is 0.00366. The molecule has 0 aliphatic heterocycles. The molecule has 0 saturated heterocycles. The van der Waals surface area contributed by atoms with Gasteiger partial charge < -0.3 is 20.1 Å². The summed E-state index contributed by atoms with van der Waals surface area (Å²) in [6.07, 6.45) is 0. The molecule has 0 saturated carbocycles. The summed E-state index contributed by atoms with van der Waals surface area (Å²) in [6.45, 7) is 0.0200. The summed E-state index contributed by atoms with van der Waals surface area (Å²) in [5.74, 6) is -0.796. The maximum absolute atomic E-state index is 13.7. The number of hydrogen-bond donors (Lipinski definition) is 2. The van der Waals surface area contributed by atoms with Crippen LogP contribution in [-0.4, -0.2) is 36.9 Å². The van der Waals surface area contributed by atoms with Crippen molar-refractivity contribution < 1.29 is 28.4 Å². The van der Waals surface area contributed by atoms with Crippen LogP contribution >= 0.6 is 0 Å². The summed E-state index contributed by atoms with van der Waals surface area (Å²) in [6, 6.07) is 15.8. The van der Waals surface area contributed by atoms with Gasteiger partial charge in [0.15, 0.2) is 0 Å². The molecule has 0 aromatic heterocycles. The zero-order chi connectivity index (χ0) is 23.8. The number of hydrogen-bond acceptors (Lipinski definition) is 6. The van der Waals surface area contributed by atoms with Crippen LogP contribution in [0.1, 0.15) is 20.7 Å². The van der Waals surface area contributed by atoms with E-state index in [1.54, 1.807) is 24.3 Å². The van der Waals surface area contributed by atoms with Gasteiger partial charge in [-0.1, -0.05) is 12.1 Å². The molecular formula is C23H20FN3O6. The fraction of sp³-hybridized carbons (Fsp3) is 0.130. The van der Waals surface area contributed by atoms with Crippen molar-refractivity contribution in [2.75, 3.05) is 20.2 Å². The average Bonchev–Trinajstić information content (AvgIpc) is 2.82. The predicted molar refractivity (Wildman–Crippen MR) is 117 cm³/mol. The van der Waals surface area contributed by atoms with Gasteiger partial charge in [-0.3, -0.25) is 19.7 Å². The molecule has 9 nitrogen and oxygen atoms in total. The predicted octanol–water partition coefficient (Wildman–Crippen LogP) is 3.69. The topological polar surface area (TPSA) is 120 Å². The van der Waals surface area contributed by atoms with E-state index in [4.69, 9.17) is 9.47 Å². The zero-order valence-electron chi connectivity index (χ0n) is 17.5. The Kier molecular flexibility index (Phi) is 7.53. The standard InChI is InChI=1S/C23H20FN3O6/c1-32-16-7-9-17(10-8-16)33-21-11-6-15(27(30)31)14-19(21)23(29)26-13-12-25-22(28)18-4-2-3-5-20(18)24/h2-11,14H,12-13H2,1H3,(H,25,28)(H,26,29). The highest BCUT2D eigenvalue weighted by atomic mass is 19.1. The van der Waals surface area contributed by atoms with E-state index in [9.17, 15) is 24.1 Å². The Morgan fingerprint density at radius 3 is 2.12 bits per heavy atom. The van der Waals surface area contributed by atoms with Crippen molar-refractivity contribution in [1.82, 2.24) is 10.6 Å². The number of non-ortho nitro benzene ring substituents is 1. The normalized spacial score (nSPS) is 10.2. The van der Waals surface area contributed by atoms with Gasteiger partial charge in [-0.05, 0) is 42.5 Å². The molecule has 0 atom stereocenters. The highest BCUT2D eigenvalue weighted by Crippen LogP contribution is 2.29. The Labute approximate surface area is 188 Å². The Balaban J connectivity index is 1.67. The first kappa shape index (κ1) is 23.2. The van der Waals surface area contributed by atoms with Crippen molar-refractivity contribution >= 4 is 17.5 Å². The van der Waals surface area contributed by atoms with Crippen LogP contribution < -0.4 is 20.1 Å². The third kappa shape index (κ3) is 6.03. The summed E-state index contributed by atoms with van der Waals surface area (Å²) in [7, 11) is 1.52. The molecule has 0 aliphatic carbocycles. The van der Waals surface area contributed by atoms with Crippen molar-refractivity contribution in [2.24, 2.45) is 0 Å². The second kappa shape index (κ2) is 10.7. The third-order valence-corrected chi connectivity index (χ3v) is 4.52. The lowest BCUT2D eigenvalue weighted by atomic mass is 10.1. The molecule has 0 heterocycles. The molecule has 2 amide bonds. The van der Waals surface area contributed by atoms with Gasteiger partial charge in [0.1, 0.15) is 23.1 Å². The molecule has 0 radical (unpaired) electrons. The van der Waals surface area contributed by atoms with Gasteiger partial charge >= 0.3 is 0 Å². The van der Waals surface area contributed by atoms with Crippen molar-refractivity contribution in [2.45, 2.75) is 0 Å². The smallest absolute Gasteiger partial charge is 0.270 e. The lowest BCUT2D eigenvalue weighted by molar-refractivity contribution is -0.384. The Morgan fingerprint density at radius 2 is 1.52 bits per heavy atom. The van der Waals surface area contributed by atoms with E-state index in [0.717, 1.165) is 6.07 Å². The van der Waals surface area contributed by atoms with Crippen LogP contribution in [-0.2, 0) is 0 Å². The second-order valence-electron chi connectivity index (χ2n) is 6.71. The molecule has 33 heavy (non-hydrogen) atoms. The highest BCUT2D eigenvalue weighted by Gasteiger charge is 2.19. The number of nitrogens with one attached hydrogen (secondary N) is 2. The second-order valence-corrected chi connectivity index (χ2v) is 6.71. The van der Waals surface area contributed by atoms with Crippen LogP contribution in [0.3, 0.4) is 0 Å². The lowest BCUT2D eigenvalue weighted by Gasteiger charge is -2.12. The first-order valence-electron chi connectivity index (χ1n) is 9.80. The number of benzene rings is 3. The number of ether oxygens (including phenoxy) is 2. The van der Waals surface area contributed by atoms with E-state index in [1.165, 1.54) is 43.5 Å². The number of nitro groups is 1.